The molecule has 0 aliphatic heterocycles. The van der Waals surface area contributed by atoms with Crippen LogP contribution in [0.5, 0.6) is 0 Å². The van der Waals surface area contributed by atoms with Crippen LogP contribution >= 0.6 is 27.5 Å². The Bertz CT molecular complexity index is 653. The second-order valence-electron chi connectivity index (χ2n) is 5.57. The van der Waals surface area contributed by atoms with Gasteiger partial charge in [0.15, 0.2) is 0 Å². The lowest BCUT2D eigenvalue weighted by molar-refractivity contribution is -0.116. The number of rotatable bonds is 5. The number of amides is 1. The predicted molar refractivity (Wildman–Crippen MR) is 96.6 cm³/mol. The highest BCUT2D eigenvalue weighted by Gasteiger charge is 2.07. The number of carbonyl (C=O) groups excluding carboxylic acids is 1. The van der Waals surface area contributed by atoms with Gasteiger partial charge in [0.2, 0.25) is 5.91 Å². The third-order valence-corrected chi connectivity index (χ3v) is 4.30. The molecular weight excluding hydrogens is 362 g/mol. The molecule has 0 aromatic heterocycles. The van der Waals surface area contributed by atoms with Crippen molar-refractivity contribution in [2.75, 3.05) is 5.32 Å². The number of nitrogens with one attached hydrogen (secondary N) is 1. The van der Waals surface area contributed by atoms with Crippen LogP contribution in [0.15, 0.2) is 46.9 Å². The molecule has 0 heterocycles. The van der Waals surface area contributed by atoms with Gasteiger partial charge in [-0.3, -0.25) is 4.79 Å². The SMILES string of the molecule is CC(C)c1ccc(CCC(=O)Nc2ccc(Br)cc2Cl)cc1. The van der Waals surface area contributed by atoms with Crippen LogP contribution < -0.4 is 5.32 Å². The lowest BCUT2D eigenvalue weighted by Crippen LogP contribution is -2.12. The van der Waals surface area contributed by atoms with Gasteiger partial charge in [0.25, 0.3) is 0 Å². The number of hydrogen-bond donors (Lipinski definition) is 1. The van der Waals surface area contributed by atoms with Crippen molar-refractivity contribution in [2.45, 2.75) is 32.6 Å². The third kappa shape index (κ3) is 4.85. The molecule has 2 aromatic rings. The van der Waals surface area contributed by atoms with Crippen LogP contribution in [0.2, 0.25) is 5.02 Å². The van der Waals surface area contributed by atoms with E-state index in [0.717, 1.165) is 10.9 Å². The average molecular weight is 381 g/mol. The number of anilines is 1. The van der Waals surface area contributed by atoms with Crippen LogP contribution in [0.1, 0.15) is 37.3 Å². The van der Waals surface area contributed by atoms with Crippen LogP contribution in [-0.2, 0) is 11.2 Å². The summed E-state index contributed by atoms with van der Waals surface area (Å²) in [7, 11) is 0. The van der Waals surface area contributed by atoms with Gasteiger partial charge >= 0.3 is 0 Å². The third-order valence-electron chi connectivity index (χ3n) is 3.49. The molecule has 0 saturated heterocycles. The Kier molecular flexibility index (Phi) is 6.04. The van der Waals surface area contributed by atoms with Crippen LogP contribution in [0.4, 0.5) is 5.69 Å². The fraction of sp³-hybridized carbons (Fsp3) is 0.278. The first-order valence-corrected chi connectivity index (χ1v) is 8.46. The van der Waals surface area contributed by atoms with Crippen molar-refractivity contribution in [1.82, 2.24) is 0 Å². The Hall–Kier alpha value is -1.32. The van der Waals surface area contributed by atoms with Gasteiger partial charge < -0.3 is 5.32 Å². The van der Waals surface area contributed by atoms with Crippen LogP contribution in [0.25, 0.3) is 0 Å². The zero-order valence-corrected chi connectivity index (χ0v) is 15.0. The number of benzene rings is 2. The first-order chi connectivity index (χ1) is 10.5. The van der Waals surface area contributed by atoms with E-state index in [-0.39, 0.29) is 5.91 Å². The molecule has 2 aromatic carbocycles. The van der Waals surface area contributed by atoms with Gasteiger partial charge in [-0.2, -0.15) is 0 Å². The molecule has 0 aliphatic rings. The Morgan fingerprint density at radius 1 is 1.18 bits per heavy atom. The second kappa shape index (κ2) is 7.80. The Balaban J connectivity index is 1.89. The maximum absolute atomic E-state index is 12.0. The van der Waals surface area contributed by atoms with E-state index in [0.29, 0.717) is 23.0 Å². The maximum atomic E-state index is 12.0. The Morgan fingerprint density at radius 2 is 1.86 bits per heavy atom. The van der Waals surface area contributed by atoms with E-state index in [1.165, 1.54) is 11.1 Å². The standard InChI is InChI=1S/C18H19BrClNO/c1-12(2)14-6-3-13(4-7-14)5-10-18(22)21-17-9-8-15(19)11-16(17)20/h3-4,6-9,11-12H,5,10H2,1-2H3,(H,21,22). The smallest absolute Gasteiger partial charge is 0.224 e. The highest BCUT2D eigenvalue weighted by molar-refractivity contribution is 9.10. The zero-order valence-electron chi connectivity index (χ0n) is 12.7. The van der Waals surface area contributed by atoms with Crippen molar-refractivity contribution in [3.63, 3.8) is 0 Å². The summed E-state index contributed by atoms with van der Waals surface area (Å²) in [6, 6.07) is 13.9. The maximum Gasteiger partial charge on any atom is 0.224 e. The normalized spacial score (nSPS) is 10.8. The summed E-state index contributed by atoms with van der Waals surface area (Å²) in [6.45, 7) is 4.34. The number of halogens is 2. The summed E-state index contributed by atoms with van der Waals surface area (Å²) in [6.07, 6.45) is 1.16. The molecule has 0 unspecified atom stereocenters. The van der Waals surface area contributed by atoms with Crippen molar-refractivity contribution in [2.24, 2.45) is 0 Å². The van der Waals surface area contributed by atoms with E-state index in [9.17, 15) is 4.79 Å². The highest BCUT2D eigenvalue weighted by atomic mass is 79.9. The van der Waals surface area contributed by atoms with E-state index in [4.69, 9.17) is 11.6 Å². The van der Waals surface area contributed by atoms with Gasteiger partial charge in [0.05, 0.1) is 10.7 Å². The largest absolute Gasteiger partial charge is 0.325 e. The van der Waals surface area contributed by atoms with Gasteiger partial charge in [-0.1, -0.05) is 65.6 Å². The molecule has 2 rings (SSSR count). The Morgan fingerprint density at radius 3 is 2.45 bits per heavy atom. The van der Waals surface area contributed by atoms with E-state index in [1.54, 1.807) is 12.1 Å². The second-order valence-corrected chi connectivity index (χ2v) is 6.89. The van der Waals surface area contributed by atoms with Gasteiger partial charge in [-0.05, 0) is 41.7 Å². The molecule has 0 aliphatic carbocycles. The molecular formula is C18H19BrClNO. The topological polar surface area (TPSA) is 29.1 Å². The summed E-state index contributed by atoms with van der Waals surface area (Å²) in [4.78, 5) is 12.0. The number of aryl methyl sites for hydroxylation is 1. The van der Waals surface area contributed by atoms with Crippen molar-refractivity contribution < 1.29 is 4.79 Å². The molecule has 0 radical (unpaired) electrons. The lowest BCUT2D eigenvalue weighted by atomic mass is 10.0. The summed E-state index contributed by atoms with van der Waals surface area (Å²) in [5, 5.41) is 3.38. The van der Waals surface area contributed by atoms with E-state index in [1.807, 2.05) is 6.07 Å². The van der Waals surface area contributed by atoms with E-state index < -0.39 is 0 Å². The van der Waals surface area contributed by atoms with Gasteiger partial charge in [-0.25, -0.2) is 0 Å². The van der Waals surface area contributed by atoms with Crippen LogP contribution in [0.3, 0.4) is 0 Å². The number of carbonyl (C=O) groups is 1. The van der Waals surface area contributed by atoms with Gasteiger partial charge in [0.1, 0.15) is 0 Å². The highest BCUT2D eigenvalue weighted by Crippen LogP contribution is 2.25. The summed E-state index contributed by atoms with van der Waals surface area (Å²) < 4.78 is 0.890. The molecule has 4 heteroatoms. The Labute approximate surface area is 145 Å². The first-order valence-electron chi connectivity index (χ1n) is 7.29. The number of hydrogen-bond acceptors (Lipinski definition) is 1. The summed E-state index contributed by atoms with van der Waals surface area (Å²) >= 11 is 9.44. The van der Waals surface area contributed by atoms with Crippen LogP contribution in [-0.4, -0.2) is 5.91 Å². The summed E-state index contributed by atoms with van der Waals surface area (Å²) in [5.41, 5.74) is 3.13. The first kappa shape index (κ1) is 17.0. The van der Waals surface area contributed by atoms with E-state index in [2.05, 4.69) is 59.4 Å². The molecule has 0 spiro atoms. The van der Waals surface area contributed by atoms with Crippen molar-refractivity contribution >= 4 is 39.1 Å². The zero-order chi connectivity index (χ0) is 16.1. The minimum Gasteiger partial charge on any atom is -0.325 e. The molecule has 0 saturated carbocycles. The predicted octanol–water partition coefficient (Wildman–Crippen LogP) is 5.80. The molecule has 116 valence electrons. The van der Waals surface area contributed by atoms with E-state index >= 15 is 0 Å². The molecule has 1 amide bonds. The monoisotopic (exact) mass is 379 g/mol. The molecule has 22 heavy (non-hydrogen) atoms. The van der Waals surface area contributed by atoms with Crippen molar-refractivity contribution in [3.05, 3.63) is 63.1 Å². The van der Waals surface area contributed by atoms with Gasteiger partial charge in [-0.15, -0.1) is 0 Å². The molecule has 0 bridgehead atoms. The lowest BCUT2D eigenvalue weighted by Gasteiger charge is -2.09. The quantitative estimate of drug-likeness (QED) is 0.698. The van der Waals surface area contributed by atoms with Crippen molar-refractivity contribution in [1.29, 1.82) is 0 Å². The molecule has 0 fully saturated rings. The molecule has 0 atom stereocenters. The fourth-order valence-electron chi connectivity index (χ4n) is 2.13. The summed E-state index contributed by atoms with van der Waals surface area (Å²) in [5.74, 6) is 0.494. The van der Waals surface area contributed by atoms with Crippen molar-refractivity contribution in [3.8, 4) is 0 Å². The van der Waals surface area contributed by atoms with Gasteiger partial charge in [0, 0.05) is 10.9 Å². The van der Waals surface area contributed by atoms with Crippen LogP contribution in [0, 0.1) is 0 Å². The fourth-order valence-corrected chi connectivity index (χ4v) is 2.85. The minimum atomic E-state index is -0.0304. The molecule has 2 nitrogen and oxygen atoms in total. The average Bonchev–Trinajstić information content (AvgIpc) is 2.48. The minimum absolute atomic E-state index is 0.0304. The molecule has 1 N–H and O–H groups in total.